The molecule has 0 bridgehead atoms. The highest BCUT2D eigenvalue weighted by Crippen LogP contribution is 2.01. The van der Waals surface area contributed by atoms with Crippen LogP contribution in [0.3, 0.4) is 0 Å². The molecule has 0 N–H and O–H groups in total. The number of hydrogen-bond acceptors (Lipinski definition) is 1. The Balaban J connectivity index is 0.000000371. The molecule has 0 fully saturated rings. The largest absolute Gasteiger partial charge is 0.250 e. The van der Waals surface area contributed by atoms with Gasteiger partial charge < -0.3 is 0 Å². The number of aryl methyl sites for hydroxylation is 1. The van der Waals surface area contributed by atoms with Gasteiger partial charge >= 0.3 is 0 Å². The van der Waals surface area contributed by atoms with E-state index in [1.807, 2.05) is 32.2 Å². The summed E-state index contributed by atoms with van der Waals surface area (Å²) in [6, 6.07) is 4.03. The molecule has 0 aliphatic carbocycles. The molecule has 0 spiro atoms. The van der Waals surface area contributed by atoms with E-state index in [9.17, 15) is 0 Å². The van der Waals surface area contributed by atoms with E-state index in [-0.39, 0.29) is 0 Å². The zero-order valence-electron chi connectivity index (χ0n) is 6.56. The first kappa shape index (κ1) is 9.88. The van der Waals surface area contributed by atoms with Crippen molar-refractivity contribution in [1.29, 1.82) is 0 Å². The maximum atomic E-state index is 4.03. The summed E-state index contributed by atoms with van der Waals surface area (Å²) in [6.45, 7) is 6.06. The van der Waals surface area contributed by atoms with Crippen molar-refractivity contribution in [3.63, 3.8) is 0 Å². The summed E-state index contributed by atoms with van der Waals surface area (Å²) in [7, 11) is 0. The molecule has 1 aromatic heterocycles. The van der Waals surface area contributed by atoms with Gasteiger partial charge in [0.25, 0.3) is 0 Å². The van der Waals surface area contributed by atoms with Crippen LogP contribution in [0.2, 0.25) is 0 Å². The van der Waals surface area contributed by atoms with Crippen LogP contribution in [0.4, 0.5) is 0 Å². The van der Waals surface area contributed by atoms with Crippen LogP contribution in [0, 0.1) is 10.6 Å². The van der Waals surface area contributed by atoms with Gasteiger partial charge in [0.2, 0.25) is 0 Å². The van der Waals surface area contributed by atoms with Crippen molar-refractivity contribution >= 4 is 22.6 Å². The Hall–Kier alpha value is -0.120. The lowest BCUT2D eigenvalue weighted by Crippen LogP contribution is -1.77. The predicted molar refractivity (Wildman–Crippen MR) is 53.0 cm³/mol. The van der Waals surface area contributed by atoms with Crippen LogP contribution in [0.1, 0.15) is 19.4 Å². The molecule has 0 unspecified atom stereocenters. The van der Waals surface area contributed by atoms with Gasteiger partial charge in [0.05, 0.1) is 0 Å². The van der Waals surface area contributed by atoms with E-state index in [2.05, 4.69) is 34.5 Å². The third-order valence-electron chi connectivity index (χ3n) is 0.882. The summed E-state index contributed by atoms with van der Waals surface area (Å²) in [5, 5.41) is 0. The van der Waals surface area contributed by atoms with Crippen molar-refractivity contribution in [1.82, 2.24) is 4.98 Å². The second-order valence-corrected chi connectivity index (χ2v) is 2.76. The normalized spacial score (nSPS) is 8.00. The first-order valence-electron chi connectivity index (χ1n) is 3.37. The molecular formula is C8H12IN. The van der Waals surface area contributed by atoms with Gasteiger partial charge in [0, 0.05) is 6.20 Å². The maximum Gasteiger partial charge on any atom is 0.101 e. The van der Waals surface area contributed by atoms with Crippen molar-refractivity contribution in [3.05, 3.63) is 27.6 Å². The number of halogens is 1. The van der Waals surface area contributed by atoms with Gasteiger partial charge in [0.15, 0.2) is 0 Å². The number of nitrogens with zero attached hydrogens (tertiary/aromatic N) is 1. The Bertz CT molecular complexity index is 169. The lowest BCUT2D eigenvalue weighted by atomic mass is 10.3. The van der Waals surface area contributed by atoms with E-state index < -0.39 is 0 Å². The lowest BCUT2D eigenvalue weighted by molar-refractivity contribution is 1.24. The van der Waals surface area contributed by atoms with E-state index in [0.717, 1.165) is 3.70 Å². The lowest BCUT2D eigenvalue weighted by Gasteiger charge is -1.88. The SMILES string of the molecule is CC.Cc1ccnc(I)c1. The fraction of sp³-hybridized carbons (Fsp3) is 0.375. The zero-order chi connectivity index (χ0) is 7.98. The van der Waals surface area contributed by atoms with Crippen molar-refractivity contribution in [2.45, 2.75) is 20.8 Å². The van der Waals surface area contributed by atoms with Crippen LogP contribution in [0.5, 0.6) is 0 Å². The highest BCUT2D eigenvalue weighted by molar-refractivity contribution is 14.1. The van der Waals surface area contributed by atoms with Crippen LogP contribution in [-0.2, 0) is 0 Å². The fourth-order valence-corrected chi connectivity index (χ4v) is 1.15. The maximum absolute atomic E-state index is 4.03. The monoisotopic (exact) mass is 249 g/mol. The molecule has 0 saturated carbocycles. The number of rotatable bonds is 0. The van der Waals surface area contributed by atoms with Crippen LogP contribution in [-0.4, -0.2) is 4.98 Å². The molecule has 56 valence electrons. The molecule has 1 aromatic rings. The first-order valence-corrected chi connectivity index (χ1v) is 4.45. The molecule has 0 aliphatic heterocycles. The third kappa shape index (κ3) is 3.82. The fourth-order valence-electron chi connectivity index (χ4n) is 0.499. The average molecular weight is 249 g/mol. The van der Waals surface area contributed by atoms with E-state index in [0.29, 0.717) is 0 Å². The number of hydrogen-bond donors (Lipinski definition) is 0. The van der Waals surface area contributed by atoms with Crippen LogP contribution >= 0.6 is 22.6 Å². The number of aromatic nitrogens is 1. The minimum Gasteiger partial charge on any atom is -0.250 e. The van der Waals surface area contributed by atoms with Gasteiger partial charge in [-0.3, -0.25) is 4.98 Å². The molecule has 0 radical (unpaired) electrons. The summed E-state index contributed by atoms with van der Waals surface area (Å²) in [5.74, 6) is 0. The average Bonchev–Trinajstić information content (AvgIpc) is 1.91. The Kier molecular flexibility index (Phi) is 5.58. The summed E-state index contributed by atoms with van der Waals surface area (Å²) >= 11 is 2.19. The molecule has 10 heavy (non-hydrogen) atoms. The molecule has 0 atom stereocenters. The summed E-state index contributed by atoms with van der Waals surface area (Å²) in [6.07, 6.45) is 1.82. The van der Waals surface area contributed by atoms with E-state index in [4.69, 9.17) is 0 Å². The van der Waals surface area contributed by atoms with E-state index >= 15 is 0 Å². The summed E-state index contributed by atoms with van der Waals surface area (Å²) in [5.41, 5.74) is 1.27. The zero-order valence-corrected chi connectivity index (χ0v) is 8.71. The highest BCUT2D eigenvalue weighted by atomic mass is 127. The second-order valence-electron chi connectivity index (χ2n) is 1.66. The first-order chi connectivity index (χ1) is 4.79. The molecular weight excluding hydrogens is 237 g/mol. The molecule has 2 heteroatoms. The van der Waals surface area contributed by atoms with Crippen molar-refractivity contribution in [2.24, 2.45) is 0 Å². The minimum atomic E-state index is 1.06. The molecule has 0 aromatic carbocycles. The Labute approximate surface area is 76.0 Å². The van der Waals surface area contributed by atoms with Gasteiger partial charge in [0.1, 0.15) is 3.70 Å². The Morgan fingerprint density at radius 1 is 1.40 bits per heavy atom. The second kappa shape index (κ2) is 5.65. The van der Waals surface area contributed by atoms with Crippen LogP contribution in [0.25, 0.3) is 0 Å². The standard InChI is InChI=1S/C6H6IN.C2H6/c1-5-2-3-8-6(7)4-5;1-2/h2-4H,1H3;1-2H3. The molecule has 0 saturated heterocycles. The van der Waals surface area contributed by atoms with E-state index in [1.54, 1.807) is 0 Å². The topological polar surface area (TPSA) is 12.9 Å². The predicted octanol–water partition coefficient (Wildman–Crippen LogP) is 3.02. The molecule has 1 nitrogen and oxygen atoms in total. The molecule has 0 amide bonds. The minimum absolute atomic E-state index is 1.06. The smallest absolute Gasteiger partial charge is 0.101 e. The van der Waals surface area contributed by atoms with E-state index in [1.165, 1.54) is 5.56 Å². The van der Waals surface area contributed by atoms with Crippen LogP contribution in [0.15, 0.2) is 18.3 Å². The van der Waals surface area contributed by atoms with Gasteiger partial charge in [-0.15, -0.1) is 0 Å². The Morgan fingerprint density at radius 2 is 2.00 bits per heavy atom. The van der Waals surface area contributed by atoms with Crippen molar-refractivity contribution in [2.75, 3.05) is 0 Å². The third-order valence-corrected chi connectivity index (χ3v) is 1.47. The highest BCUT2D eigenvalue weighted by Gasteiger charge is 1.83. The van der Waals surface area contributed by atoms with Crippen molar-refractivity contribution < 1.29 is 0 Å². The van der Waals surface area contributed by atoms with Gasteiger partial charge in [-0.25, -0.2) is 0 Å². The van der Waals surface area contributed by atoms with Crippen molar-refractivity contribution in [3.8, 4) is 0 Å². The van der Waals surface area contributed by atoms with Crippen LogP contribution < -0.4 is 0 Å². The Morgan fingerprint density at radius 3 is 2.30 bits per heavy atom. The summed E-state index contributed by atoms with van der Waals surface area (Å²) < 4.78 is 1.06. The molecule has 1 heterocycles. The molecule has 1 rings (SSSR count). The summed E-state index contributed by atoms with van der Waals surface area (Å²) in [4.78, 5) is 4.03. The van der Waals surface area contributed by atoms with Gasteiger partial charge in [-0.2, -0.15) is 0 Å². The number of pyridine rings is 1. The van der Waals surface area contributed by atoms with Gasteiger partial charge in [-0.1, -0.05) is 13.8 Å². The van der Waals surface area contributed by atoms with Gasteiger partial charge in [-0.05, 0) is 47.2 Å². The quantitative estimate of drug-likeness (QED) is 0.508. The molecule has 0 aliphatic rings.